The first-order chi connectivity index (χ1) is 12.4. The lowest BCUT2D eigenvalue weighted by Gasteiger charge is -1.94. The molecule has 1 rings (SSSR count). The van der Waals surface area contributed by atoms with Crippen LogP contribution in [0.15, 0.2) is 60.8 Å². The molecular weight excluding hydrogens is 308 g/mol. The minimum atomic E-state index is 0.0818. The van der Waals surface area contributed by atoms with E-state index in [0.717, 1.165) is 51.6 Å². The Bertz CT molecular complexity index is 443. The zero-order chi connectivity index (χ0) is 18.0. The normalized spacial score (nSPS) is 21.0. The van der Waals surface area contributed by atoms with Crippen molar-refractivity contribution in [2.45, 2.75) is 77.6 Å². The van der Waals surface area contributed by atoms with Gasteiger partial charge in [-0.25, -0.2) is 0 Å². The first-order valence-electron chi connectivity index (χ1n) is 9.90. The fourth-order valence-electron chi connectivity index (χ4n) is 2.45. The third kappa shape index (κ3) is 13.6. The van der Waals surface area contributed by atoms with E-state index in [1.807, 2.05) is 6.92 Å². The number of epoxide rings is 1. The third-order valence-corrected chi connectivity index (χ3v) is 3.88. The molecule has 25 heavy (non-hydrogen) atoms. The van der Waals surface area contributed by atoms with Gasteiger partial charge in [0, 0.05) is 6.61 Å². The fourth-order valence-corrected chi connectivity index (χ4v) is 2.45. The van der Waals surface area contributed by atoms with Crippen LogP contribution in [0.2, 0.25) is 0 Å². The molecule has 2 unspecified atom stereocenters. The number of unbranched alkanes of at least 4 members (excludes halogenated alkanes) is 1. The highest BCUT2D eigenvalue weighted by Gasteiger charge is 2.38. The summed E-state index contributed by atoms with van der Waals surface area (Å²) in [4.78, 5) is 0. The van der Waals surface area contributed by atoms with E-state index in [1.165, 1.54) is 6.42 Å². The Morgan fingerprint density at radius 1 is 0.720 bits per heavy atom. The quantitative estimate of drug-likeness (QED) is 0.188. The Kier molecular flexibility index (Phi) is 14.0. The third-order valence-electron chi connectivity index (χ3n) is 3.88. The van der Waals surface area contributed by atoms with Crippen LogP contribution >= 0.6 is 0 Å². The van der Waals surface area contributed by atoms with Gasteiger partial charge in [-0.2, -0.15) is 0 Å². The lowest BCUT2D eigenvalue weighted by atomic mass is 10.2. The van der Waals surface area contributed by atoms with Gasteiger partial charge in [-0.1, -0.05) is 67.7 Å². The average Bonchev–Trinajstić information content (AvgIpc) is 3.36. The highest BCUT2D eigenvalue weighted by molar-refractivity contribution is 5.00. The van der Waals surface area contributed by atoms with Crippen molar-refractivity contribution in [3.05, 3.63) is 60.8 Å². The van der Waals surface area contributed by atoms with Crippen LogP contribution < -0.4 is 0 Å². The van der Waals surface area contributed by atoms with Crippen molar-refractivity contribution in [3.63, 3.8) is 0 Å². The summed E-state index contributed by atoms with van der Waals surface area (Å²) in [6.07, 6.45) is 31.4. The second-order valence-corrected chi connectivity index (χ2v) is 6.14. The minimum absolute atomic E-state index is 0.0818. The van der Waals surface area contributed by atoms with E-state index >= 15 is 0 Å². The summed E-state index contributed by atoms with van der Waals surface area (Å²) < 4.78 is 10.8. The first-order valence-corrected chi connectivity index (χ1v) is 9.90. The molecule has 1 heterocycles. The van der Waals surface area contributed by atoms with Crippen molar-refractivity contribution in [1.82, 2.24) is 0 Å². The van der Waals surface area contributed by atoms with Gasteiger partial charge in [-0.05, 0) is 58.3 Å². The Hall–Kier alpha value is -1.38. The average molecular weight is 345 g/mol. The van der Waals surface area contributed by atoms with Crippen molar-refractivity contribution < 1.29 is 9.47 Å². The van der Waals surface area contributed by atoms with Crippen molar-refractivity contribution in [2.75, 3.05) is 6.61 Å². The highest BCUT2D eigenvalue weighted by Crippen LogP contribution is 2.27. The maximum absolute atomic E-state index is 5.42. The minimum Gasteiger partial charge on any atom is -0.350 e. The molecule has 0 bridgehead atoms. The number of hydrogen-bond donors (Lipinski definition) is 0. The van der Waals surface area contributed by atoms with E-state index in [4.69, 9.17) is 9.47 Å². The standard InChI is InChI=1S/C23H36O2/c1-3-5-6-7-8-9-10-11-12-13-14-15-16-17-18-19-20-21-22-23(25-22)24-4-2/h5-6,8-9,11-12,14-15,17-18,22-23H,3-4,7,10,13,16,19-21H2,1-2H3. The van der Waals surface area contributed by atoms with Gasteiger partial charge in [0.2, 0.25) is 0 Å². The van der Waals surface area contributed by atoms with Gasteiger partial charge in [-0.15, -0.1) is 0 Å². The molecular formula is C23H36O2. The summed E-state index contributed by atoms with van der Waals surface area (Å²) in [5.74, 6) is 0. The zero-order valence-corrected chi connectivity index (χ0v) is 16.1. The molecule has 0 aromatic heterocycles. The molecule has 0 spiro atoms. The van der Waals surface area contributed by atoms with Crippen molar-refractivity contribution >= 4 is 0 Å². The van der Waals surface area contributed by atoms with E-state index in [1.54, 1.807) is 0 Å². The summed E-state index contributed by atoms with van der Waals surface area (Å²) in [7, 11) is 0. The second kappa shape index (κ2) is 16.1. The van der Waals surface area contributed by atoms with E-state index in [0.29, 0.717) is 6.10 Å². The molecule has 0 saturated carbocycles. The molecule has 1 aliphatic heterocycles. The summed E-state index contributed by atoms with van der Waals surface area (Å²) in [6.45, 7) is 4.92. The van der Waals surface area contributed by atoms with Gasteiger partial charge in [-0.3, -0.25) is 0 Å². The van der Waals surface area contributed by atoms with Gasteiger partial charge < -0.3 is 9.47 Å². The predicted molar refractivity (Wildman–Crippen MR) is 109 cm³/mol. The lowest BCUT2D eigenvalue weighted by molar-refractivity contribution is 0.0593. The van der Waals surface area contributed by atoms with Crippen LogP contribution in [0.5, 0.6) is 0 Å². The Morgan fingerprint density at radius 3 is 1.76 bits per heavy atom. The van der Waals surface area contributed by atoms with Crippen molar-refractivity contribution in [3.8, 4) is 0 Å². The Morgan fingerprint density at radius 2 is 1.24 bits per heavy atom. The molecule has 2 heteroatoms. The molecule has 0 radical (unpaired) electrons. The van der Waals surface area contributed by atoms with Gasteiger partial charge >= 0.3 is 0 Å². The highest BCUT2D eigenvalue weighted by atomic mass is 16.8. The van der Waals surface area contributed by atoms with Crippen molar-refractivity contribution in [2.24, 2.45) is 0 Å². The zero-order valence-electron chi connectivity index (χ0n) is 16.1. The lowest BCUT2D eigenvalue weighted by Crippen LogP contribution is -1.99. The monoisotopic (exact) mass is 344 g/mol. The molecule has 140 valence electrons. The molecule has 0 N–H and O–H groups in total. The van der Waals surface area contributed by atoms with Gasteiger partial charge in [0.05, 0.1) is 0 Å². The predicted octanol–water partition coefficient (Wildman–Crippen LogP) is 6.67. The molecule has 0 aromatic carbocycles. The van der Waals surface area contributed by atoms with Crippen LogP contribution in [-0.2, 0) is 9.47 Å². The van der Waals surface area contributed by atoms with Gasteiger partial charge in [0.1, 0.15) is 6.10 Å². The maximum atomic E-state index is 5.42. The summed E-state index contributed by atoms with van der Waals surface area (Å²) in [5, 5.41) is 0. The molecule has 0 amide bonds. The summed E-state index contributed by atoms with van der Waals surface area (Å²) >= 11 is 0. The van der Waals surface area contributed by atoms with Crippen LogP contribution in [0.3, 0.4) is 0 Å². The number of hydrogen-bond acceptors (Lipinski definition) is 2. The molecule has 1 aliphatic rings. The molecule has 1 saturated heterocycles. The van der Waals surface area contributed by atoms with E-state index in [9.17, 15) is 0 Å². The van der Waals surface area contributed by atoms with Gasteiger partial charge in [0.25, 0.3) is 0 Å². The molecule has 2 atom stereocenters. The van der Waals surface area contributed by atoms with E-state index < -0.39 is 0 Å². The summed E-state index contributed by atoms with van der Waals surface area (Å²) in [5.41, 5.74) is 0. The first kappa shape index (κ1) is 21.7. The largest absolute Gasteiger partial charge is 0.350 e. The van der Waals surface area contributed by atoms with Crippen LogP contribution in [0.25, 0.3) is 0 Å². The Labute approximate surface area is 155 Å². The topological polar surface area (TPSA) is 21.8 Å². The van der Waals surface area contributed by atoms with Gasteiger partial charge in [0.15, 0.2) is 6.29 Å². The Balaban J connectivity index is 1.87. The second-order valence-electron chi connectivity index (χ2n) is 6.14. The van der Waals surface area contributed by atoms with Crippen LogP contribution in [-0.4, -0.2) is 19.0 Å². The van der Waals surface area contributed by atoms with Crippen molar-refractivity contribution in [1.29, 1.82) is 0 Å². The molecule has 0 aromatic rings. The van der Waals surface area contributed by atoms with Crippen LogP contribution in [0.1, 0.15) is 65.2 Å². The molecule has 1 fully saturated rings. The van der Waals surface area contributed by atoms with E-state index in [-0.39, 0.29) is 6.29 Å². The number of ether oxygens (including phenoxy) is 2. The summed E-state index contributed by atoms with van der Waals surface area (Å²) in [6, 6.07) is 0. The van der Waals surface area contributed by atoms with E-state index in [2.05, 4.69) is 67.7 Å². The number of rotatable bonds is 15. The molecule has 0 aliphatic carbocycles. The fraction of sp³-hybridized carbons (Fsp3) is 0.565. The molecule has 2 nitrogen and oxygen atoms in total. The maximum Gasteiger partial charge on any atom is 0.184 e. The number of allylic oxidation sites excluding steroid dienone is 10. The van der Waals surface area contributed by atoms with Crippen LogP contribution in [0.4, 0.5) is 0 Å². The SMILES string of the molecule is CCC=CCC=CCC=CCC=CCC=CCCCC1OC1OCC. The van der Waals surface area contributed by atoms with Crippen LogP contribution in [0, 0.1) is 0 Å². The smallest absolute Gasteiger partial charge is 0.184 e.